The van der Waals surface area contributed by atoms with Gasteiger partial charge in [0.2, 0.25) is 23.2 Å². The fourth-order valence-corrected chi connectivity index (χ4v) is 2.08. The minimum atomic E-state index is -1.78. The Kier molecular flexibility index (Phi) is 3.43. The molecule has 0 radical (unpaired) electrons. The number of carbonyl (C=O) groups excluding carboxylic acids is 2. The van der Waals surface area contributed by atoms with E-state index in [1.54, 1.807) is 0 Å². The van der Waals surface area contributed by atoms with Crippen LogP contribution in [0.15, 0.2) is 29.8 Å². The average Bonchev–Trinajstić information content (AvgIpc) is 2.57. The van der Waals surface area contributed by atoms with Crippen molar-refractivity contribution in [3.63, 3.8) is 0 Å². The Morgan fingerprint density at radius 3 is 2.75 bits per heavy atom. The van der Waals surface area contributed by atoms with Crippen molar-refractivity contribution in [2.45, 2.75) is 19.4 Å². The second-order valence-electron chi connectivity index (χ2n) is 4.45. The van der Waals surface area contributed by atoms with Gasteiger partial charge in [0.25, 0.3) is 5.78 Å². The summed E-state index contributed by atoms with van der Waals surface area (Å²) in [6.45, 7) is 2.47. The summed E-state index contributed by atoms with van der Waals surface area (Å²) >= 11 is 5.78. The lowest BCUT2D eigenvalue weighted by molar-refractivity contribution is -0.133. The van der Waals surface area contributed by atoms with Crippen LogP contribution in [0.5, 0.6) is 0 Å². The van der Waals surface area contributed by atoms with Crippen LogP contribution < -0.4 is 5.32 Å². The lowest BCUT2D eigenvalue weighted by atomic mass is 9.91. The summed E-state index contributed by atoms with van der Waals surface area (Å²) in [4.78, 5) is 23.1. The third kappa shape index (κ3) is 2.22. The maximum atomic E-state index is 13.9. The molecule has 2 N–H and O–H groups in total. The van der Waals surface area contributed by atoms with Crippen LogP contribution in [0, 0.1) is 5.82 Å². The van der Waals surface area contributed by atoms with Gasteiger partial charge < -0.3 is 9.84 Å². The Labute approximate surface area is 119 Å². The van der Waals surface area contributed by atoms with Crippen LogP contribution in [0.1, 0.15) is 19.4 Å². The van der Waals surface area contributed by atoms with Gasteiger partial charge in [-0.2, -0.15) is 0 Å². The summed E-state index contributed by atoms with van der Waals surface area (Å²) in [6.07, 6.45) is 0. The van der Waals surface area contributed by atoms with E-state index in [2.05, 4.69) is 5.32 Å². The van der Waals surface area contributed by atoms with Gasteiger partial charge >= 0.3 is 0 Å². The fourth-order valence-electron chi connectivity index (χ4n) is 1.91. The number of amides is 1. The van der Waals surface area contributed by atoms with Crippen LogP contribution in [-0.4, -0.2) is 16.8 Å². The molecule has 1 unspecified atom stereocenters. The van der Waals surface area contributed by atoms with Crippen LogP contribution in [0.3, 0.4) is 0 Å². The SMILES string of the molecule is CC(=O)NC1=C(O)C(=O)C(C)(c2cc(Cl)ccc2F)O1. The van der Waals surface area contributed by atoms with Crippen molar-refractivity contribution in [2.75, 3.05) is 0 Å². The van der Waals surface area contributed by atoms with Crippen molar-refractivity contribution >= 4 is 23.3 Å². The highest BCUT2D eigenvalue weighted by molar-refractivity contribution is 6.30. The third-order valence-corrected chi connectivity index (χ3v) is 3.14. The maximum Gasteiger partial charge on any atom is 0.250 e. The van der Waals surface area contributed by atoms with E-state index in [4.69, 9.17) is 16.3 Å². The molecule has 0 aromatic heterocycles. The molecule has 0 fully saturated rings. The Balaban J connectivity index is 2.46. The zero-order valence-electron chi connectivity index (χ0n) is 10.7. The molecule has 0 saturated heterocycles. The summed E-state index contributed by atoms with van der Waals surface area (Å²) in [7, 11) is 0. The minimum Gasteiger partial charge on any atom is -0.501 e. The van der Waals surface area contributed by atoms with E-state index in [-0.39, 0.29) is 10.6 Å². The van der Waals surface area contributed by atoms with Gasteiger partial charge in [0.1, 0.15) is 5.82 Å². The Bertz CT molecular complexity index is 643. The van der Waals surface area contributed by atoms with E-state index in [0.717, 1.165) is 6.07 Å². The van der Waals surface area contributed by atoms with Crippen LogP contribution in [0.2, 0.25) is 5.02 Å². The number of aliphatic hydroxyl groups excluding tert-OH is 1. The lowest BCUT2D eigenvalue weighted by Crippen LogP contribution is -2.33. The number of hydrogen-bond donors (Lipinski definition) is 2. The molecule has 1 aromatic carbocycles. The normalized spacial score (nSPS) is 21.9. The molecule has 5 nitrogen and oxygen atoms in total. The zero-order chi connectivity index (χ0) is 15.1. The summed E-state index contributed by atoms with van der Waals surface area (Å²) in [6, 6.07) is 3.65. The van der Waals surface area contributed by atoms with E-state index in [1.807, 2.05) is 0 Å². The number of nitrogens with one attached hydrogen (secondary N) is 1. The molecule has 0 spiro atoms. The Morgan fingerprint density at radius 1 is 1.50 bits per heavy atom. The highest BCUT2D eigenvalue weighted by atomic mass is 35.5. The summed E-state index contributed by atoms with van der Waals surface area (Å²) in [5, 5.41) is 12.1. The lowest BCUT2D eigenvalue weighted by Gasteiger charge is -2.24. The molecule has 1 amide bonds. The van der Waals surface area contributed by atoms with Gasteiger partial charge in [-0.05, 0) is 25.1 Å². The standard InChI is InChI=1S/C13H11ClFNO4/c1-6(17)16-12-10(18)11(19)13(2,20-12)8-5-7(14)3-4-9(8)15/h3-5,18H,1-2H3,(H,16,17). The fraction of sp³-hybridized carbons (Fsp3) is 0.231. The van der Waals surface area contributed by atoms with E-state index in [0.29, 0.717) is 0 Å². The first-order valence-electron chi connectivity index (χ1n) is 5.66. The average molecular weight is 300 g/mol. The van der Waals surface area contributed by atoms with Crippen LogP contribution in [-0.2, 0) is 19.9 Å². The Morgan fingerprint density at radius 2 is 2.15 bits per heavy atom. The van der Waals surface area contributed by atoms with Gasteiger partial charge in [-0.1, -0.05) is 11.6 Å². The topological polar surface area (TPSA) is 75.6 Å². The molecular formula is C13H11ClFNO4. The van der Waals surface area contributed by atoms with E-state index in [1.165, 1.54) is 26.0 Å². The highest BCUT2D eigenvalue weighted by Crippen LogP contribution is 2.38. The summed E-state index contributed by atoms with van der Waals surface area (Å²) < 4.78 is 19.1. The number of aliphatic hydroxyl groups is 1. The van der Waals surface area contributed by atoms with Crippen molar-refractivity contribution in [1.29, 1.82) is 0 Å². The summed E-state index contributed by atoms with van der Waals surface area (Å²) in [5.41, 5.74) is -1.90. The van der Waals surface area contributed by atoms with Gasteiger partial charge in [0.05, 0.1) is 0 Å². The molecule has 1 heterocycles. The monoisotopic (exact) mass is 299 g/mol. The predicted molar refractivity (Wildman–Crippen MR) is 68.3 cm³/mol. The molecule has 2 rings (SSSR count). The van der Waals surface area contributed by atoms with Gasteiger partial charge in [-0.15, -0.1) is 0 Å². The second kappa shape index (κ2) is 4.79. The molecule has 7 heteroatoms. The number of hydrogen-bond acceptors (Lipinski definition) is 4. The van der Waals surface area contributed by atoms with E-state index >= 15 is 0 Å². The largest absolute Gasteiger partial charge is 0.501 e. The number of benzene rings is 1. The number of carbonyl (C=O) groups is 2. The highest BCUT2D eigenvalue weighted by Gasteiger charge is 2.49. The molecule has 0 bridgehead atoms. The zero-order valence-corrected chi connectivity index (χ0v) is 11.4. The number of ether oxygens (including phenoxy) is 1. The number of halogens is 2. The molecule has 0 aliphatic carbocycles. The van der Waals surface area contributed by atoms with Crippen molar-refractivity contribution in [1.82, 2.24) is 5.32 Å². The number of Topliss-reactive ketones (excluding diaryl/α,β-unsaturated/α-hetero) is 1. The molecule has 106 valence electrons. The smallest absolute Gasteiger partial charge is 0.250 e. The first-order valence-corrected chi connectivity index (χ1v) is 6.03. The van der Waals surface area contributed by atoms with Crippen LogP contribution in [0.4, 0.5) is 4.39 Å². The summed E-state index contributed by atoms with van der Waals surface area (Å²) in [5.74, 6) is -3.26. The molecule has 1 aromatic rings. The number of ketones is 1. The minimum absolute atomic E-state index is 0.123. The first kappa shape index (κ1) is 14.3. The third-order valence-electron chi connectivity index (χ3n) is 2.90. The first-order chi connectivity index (χ1) is 9.25. The predicted octanol–water partition coefficient (Wildman–Crippen LogP) is 2.16. The van der Waals surface area contributed by atoms with Crippen molar-refractivity contribution in [2.24, 2.45) is 0 Å². The van der Waals surface area contributed by atoms with Crippen molar-refractivity contribution < 1.29 is 23.8 Å². The van der Waals surface area contributed by atoms with Crippen molar-refractivity contribution in [3.05, 3.63) is 46.2 Å². The molecule has 1 aliphatic rings. The van der Waals surface area contributed by atoms with Crippen molar-refractivity contribution in [3.8, 4) is 0 Å². The number of rotatable bonds is 2. The molecule has 0 saturated carbocycles. The van der Waals surface area contributed by atoms with E-state index < -0.39 is 34.8 Å². The van der Waals surface area contributed by atoms with Gasteiger partial charge in [-0.25, -0.2) is 4.39 Å². The Hall–Kier alpha value is -2.08. The molecule has 1 aliphatic heterocycles. The quantitative estimate of drug-likeness (QED) is 0.877. The molecule has 1 atom stereocenters. The van der Waals surface area contributed by atoms with E-state index in [9.17, 15) is 19.1 Å². The molecule has 20 heavy (non-hydrogen) atoms. The second-order valence-corrected chi connectivity index (χ2v) is 4.88. The van der Waals surface area contributed by atoms with Crippen LogP contribution >= 0.6 is 11.6 Å². The van der Waals surface area contributed by atoms with Crippen LogP contribution in [0.25, 0.3) is 0 Å². The van der Waals surface area contributed by atoms with Gasteiger partial charge in [-0.3, -0.25) is 14.9 Å². The maximum absolute atomic E-state index is 13.9. The molecular weight excluding hydrogens is 289 g/mol. The van der Waals surface area contributed by atoms with Gasteiger partial charge in [0, 0.05) is 17.5 Å². The van der Waals surface area contributed by atoms with Gasteiger partial charge in [0.15, 0.2) is 0 Å².